The van der Waals surface area contributed by atoms with Crippen LogP contribution >= 0.6 is 0 Å². The first-order chi connectivity index (χ1) is 19.2. The summed E-state index contributed by atoms with van der Waals surface area (Å²) in [7, 11) is 0. The van der Waals surface area contributed by atoms with E-state index in [0.717, 1.165) is 43.8 Å². The van der Waals surface area contributed by atoms with E-state index in [-0.39, 0.29) is 0 Å². The lowest BCUT2D eigenvalue weighted by atomic mass is 9.84. The van der Waals surface area contributed by atoms with Gasteiger partial charge in [-0.15, -0.1) is 0 Å². The van der Waals surface area contributed by atoms with Crippen molar-refractivity contribution >= 4 is 54.3 Å². The highest BCUT2D eigenvalue weighted by Crippen LogP contribution is 2.46. The third-order valence-corrected chi connectivity index (χ3v) is 7.52. The van der Waals surface area contributed by atoms with Crippen LogP contribution in [0.5, 0.6) is 0 Å². The van der Waals surface area contributed by atoms with Crippen LogP contribution in [-0.2, 0) is 0 Å². The Balaban J connectivity index is 1.52. The van der Waals surface area contributed by atoms with Crippen LogP contribution in [0, 0.1) is 0 Å². The number of furan rings is 1. The minimum atomic E-state index is 0.442. The van der Waals surface area contributed by atoms with E-state index in [1.165, 1.54) is 32.7 Å². The predicted octanol–water partition coefficient (Wildman–Crippen LogP) is 10.4. The Bertz CT molecular complexity index is 2200. The Morgan fingerprint density at radius 1 is 0.459 bits per heavy atom. The van der Waals surface area contributed by atoms with E-state index >= 15 is 0 Å². The molecule has 0 bridgehead atoms. The van der Waals surface area contributed by atoms with Crippen LogP contribution in [0.3, 0.4) is 0 Å². The van der Waals surface area contributed by atoms with E-state index in [9.17, 15) is 0 Å². The number of para-hydroxylation sites is 1. The lowest BCUT2D eigenvalue weighted by Crippen LogP contribution is -1.91. The number of benzene rings is 7. The molecule has 0 radical (unpaired) electrons. The molecule has 1 nitrogen and oxygen atoms in total. The lowest BCUT2D eigenvalue weighted by molar-refractivity contribution is 0.669. The summed E-state index contributed by atoms with van der Waals surface area (Å²) in [4.78, 5) is 0. The number of hydrogen-bond acceptors (Lipinski definition) is 1. The van der Waals surface area contributed by atoms with E-state index in [2.05, 4.69) is 78.9 Å². The molecule has 0 fully saturated rings. The maximum Gasteiger partial charge on any atom is 0.136 e. The molecule has 0 unspecified atom stereocenters. The second kappa shape index (κ2) is 7.81. The zero-order chi connectivity index (χ0) is 26.1. The zero-order valence-corrected chi connectivity index (χ0v) is 20.0. The fraction of sp³-hybridized carbons (Fsp3) is 0. The minimum absolute atomic E-state index is 0.442. The molecule has 0 aliphatic rings. The van der Waals surface area contributed by atoms with Gasteiger partial charge >= 0.3 is 0 Å². The molecule has 8 aromatic rings. The summed E-state index contributed by atoms with van der Waals surface area (Å²) in [5, 5.41) is 9.07. The molecule has 0 amide bonds. The third kappa shape index (κ3) is 2.98. The molecule has 7 aromatic carbocycles. The molecule has 1 aromatic heterocycles. The van der Waals surface area contributed by atoms with E-state index < -0.39 is 0 Å². The summed E-state index contributed by atoms with van der Waals surface area (Å²) >= 11 is 0. The molecule has 0 saturated carbocycles. The van der Waals surface area contributed by atoms with Crippen LogP contribution in [0.4, 0.5) is 0 Å². The van der Waals surface area contributed by atoms with Crippen molar-refractivity contribution in [1.82, 2.24) is 0 Å². The Labute approximate surface area is 217 Å². The highest BCUT2D eigenvalue weighted by Gasteiger charge is 2.20. The molecule has 0 aliphatic heterocycles. The van der Waals surface area contributed by atoms with Crippen molar-refractivity contribution in [2.24, 2.45) is 0 Å². The van der Waals surface area contributed by atoms with E-state index in [0.29, 0.717) is 12.1 Å². The second-order valence-electron chi connectivity index (χ2n) is 9.53. The molecule has 1 heterocycles. The summed E-state index contributed by atoms with van der Waals surface area (Å²) in [6.07, 6.45) is 0. The van der Waals surface area contributed by atoms with E-state index in [1.54, 1.807) is 6.07 Å². The standard InChI is InChI=1S/C36H22O/c1-2-11-24-22-25(21-20-23(24)10-1)34-26-12-3-5-14-28(26)35(29-15-6-4-13-27(29)34)31-17-9-19-33-36(31)30-16-7-8-18-32(30)37-33/h1-22H/i1D,8D. The topological polar surface area (TPSA) is 13.1 Å². The first-order valence-electron chi connectivity index (χ1n) is 13.5. The van der Waals surface area contributed by atoms with Gasteiger partial charge in [0.15, 0.2) is 0 Å². The van der Waals surface area contributed by atoms with Gasteiger partial charge in [0, 0.05) is 10.8 Å². The number of fused-ring (bicyclic) bond motifs is 6. The van der Waals surface area contributed by atoms with Gasteiger partial charge in [0.25, 0.3) is 0 Å². The number of rotatable bonds is 2. The summed E-state index contributed by atoms with van der Waals surface area (Å²) in [5.74, 6) is 0. The van der Waals surface area contributed by atoms with E-state index in [4.69, 9.17) is 7.16 Å². The molecule has 37 heavy (non-hydrogen) atoms. The van der Waals surface area contributed by atoms with Gasteiger partial charge in [-0.05, 0) is 72.8 Å². The molecule has 172 valence electrons. The van der Waals surface area contributed by atoms with E-state index in [1.807, 2.05) is 36.4 Å². The van der Waals surface area contributed by atoms with Crippen molar-refractivity contribution in [3.8, 4) is 22.3 Å². The number of hydrogen-bond donors (Lipinski definition) is 0. The molecule has 0 atom stereocenters. The highest BCUT2D eigenvalue weighted by atomic mass is 16.3. The molecule has 0 aliphatic carbocycles. The first-order valence-corrected chi connectivity index (χ1v) is 12.5. The molecule has 0 N–H and O–H groups in total. The molecule has 0 spiro atoms. The van der Waals surface area contributed by atoms with Gasteiger partial charge < -0.3 is 4.42 Å². The van der Waals surface area contributed by atoms with Crippen LogP contribution in [0.2, 0.25) is 0 Å². The highest BCUT2D eigenvalue weighted by molar-refractivity contribution is 6.25. The van der Waals surface area contributed by atoms with Crippen molar-refractivity contribution in [3.63, 3.8) is 0 Å². The van der Waals surface area contributed by atoms with Crippen molar-refractivity contribution in [2.45, 2.75) is 0 Å². The Kier molecular flexibility index (Phi) is 3.88. The van der Waals surface area contributed by atoms with Gasteiger partial charge in [-0.25, -0.2) is 0 Å². The molecule has 8 rings (SSSR count). The van der Waals surface area contributed by atoms with Crippen molar-refractivity contribution in [3.05, 3.63) is 133 Å². The van der Waals surface area contributed by atoms with Crippen LogP contribution in [0.1, 0.15) is 2.74 Å². The normalized spacial score (nSPS) is 12.5. The van der Waals surface area contributed by atoms with Crippen LogP contribution < -0.4 is 0 Å². The van der Waals surface area contributed by atoms with Crippen LogP contribution in [-0.4, -0.2) is 0 Å². The minimum Gasteiger partial charge on any atom is -0.456 e. The Hall–Kier alpha value is -4.88. The maximum atomic E-state index is 8.08. The maximum absolute atomic E-state index is 8.08. The monoisotopic (exact) mass is 472 g/mol. The third-order valence-electron chi connectivity index (χ3n) is 7.52. The molecule has 1 heteroatoms. The fourth-order valence-corrected chi connectivity index (χ4v) is 5.94. The van der Waals surface area contributed by atoms with Crippen molar-refractivity contribution in [1.29, 1.82) is 0 Å². The van der Waals surface area contributed by atoms with Gasteiger partial charge in [0.2, 0.25) is 0 Å². The lowest BCUT2D eigenvalue weighted by Gasteiger charge is -2.18. The summed E-state index contributed by atoms with van der Waals surface area (Å²) in [6.45, 7) is 0. The van der Waals surface area contributed by atoms with Gasteiger partial charge in [-0.2, -0.15) is 0 Å². The Morgan fingerprint density at radius 2 is 1.14 bits per heavy atom. The van der Waals surface area contributed by atoms with Gasteiger partial charge in [0.1, 0.15) is 11.2 Å². The van der Waals surface area contributed by atoms with Gasteiger partial charge in [-0.3, -0.25) is 0 Å². The fourth-order valence-electron chi connectivity index (χ4n) is 5.94. The SMILES string of the molecule is [2H]c1ccc2cc(-c3c4ccccc4c(-c4cccc5oc6cc([2H])ccc6c45)c4ccccc34)ccc2c1. The summed E-state index contributed by atoms with van der Waals surface area (Å²) < 4.78 is 22.3. The van der Waals surface area contributed by atoms with Gasteiger partial charge in [0.05, 0.1) is 2.74 Å². The molecular formula is C36H22O. The quantitative estimate of drug-likeness (QED) is 0.228. The average Bonchev–Trinajstić information content (AvgIpc) is 3.33. The summed E-state index contributed by atoms with van der Waals surface area (Å²) in [6, 6.07) is 42.5. The Morgan fingerprint density at radius 3 is 1.92 bits per heavy atom. The van der Waals surface area contributed by atoms with Crippen molar-refractivity contribution in [2.75, 3.05) is 0 Å². The molecule has 0 saturated heterocycles. The smallest absolute Gasteiger partial charge is 0.136 e. The first kappa shape index (κ1) is 18.4. The summed E-state index contributed by atoms with van der Waals surface area (Å²) in [5.41, 5.74) is 6.26. The second-order valence-corrected chi connectivity index (χ2v) is 9.53. The van der Waals surface area contributed by atoms with Crippen LogP contribution in [0.25, 0.3) is 76.5 Å². The zero-order valence-electron chi connectivity index (χ0n) is 22.0. The van der Waals surface area contributed by atoms with Crippen LogP contribution in [0.15, 0.2) is 138 Å². The predicted molar refractivity (Wildman–Crippen MR) is 157 cm³/mol. The van der Waals surface area contributed by atoms with Gasteiger partial charge in [-0.1, -0.05) is 115 Å². The molecular weight excluding hydrogens is 448 g/mol. The average molecular weight is 473 g/mol. The largest absolute Gasteiger partial charge is 0.456 e. The van der Waals surface area contributed by atoms with Crippen molar-refractivity contribution < 1.29 is 7.16 Å².